The van der Waals surface area contributed by atoms with Crippen molar-refractivity contribution in [3.05, 3.63) is 59.9 Å². The molecule has 2 aliphatic rings. The van der Waals surface area contributed by atoms with Crippen LogP contribution in [0, 0.1) is 17.2 Å². The molecule has 0 spiro atoms. The van der Waals surface area contributed by atoms with Crippen LogP contribution < -0.4 is 0 Å². The van der Waals surface area contributed by atoms with Crippen LogP contribution in [0.4, 0.5) is 4.39 Å². The lowest BCUT2D eigenvalue weighted by molar-refractivity contribution is -0.159. The van der Waals surface area contributed by atoms with E-state index in [0.29, 0.717) is 44.0 Å². The fraction of sp³-hybridized carbons (Fsp3) is 0.440. The summed E-state index contributed by atoms with van der Waals surface area (Å²) in [6.45, 7) is 3.33. The number of hydrogen-bond donors (Lipinski definition) is 0. The van der Waals surface area contributed by atoms with Crippen molar-refractivity contribution < 1.29 is 18.7 Å². The molecule has 4 rings (SSSR count). The van der Waals surface area contributed by atoms with E-state index < -0.39 is 5.41 Å². The first-order valence-corrected chi connectivity index (χ1v) is 10.8. The van der Waals surface area contributed by atoms with Gasteiger partial charge in [-0.2, -0.15) is 0 Å². The molecule has 1 aliphatic heterocycles. The molecule has 5 heteroatoms. The molecule has 0 radical (unpaired) electrons. The van der Waals surface area contributed by atoms with Gasteiger partial charge < -0.3 is 9.64 Å². The average molecular weight is 410 g/mol. The summed E-state index contributed by atoms with van der Waals surface area (Å²) in [5.74, 6) is 0.181. The Morgan fingerprint density at radius 2 is 1.73 bits per heavy atom. The monoisotopic (exact) mass is 409 g/mol. The predicted molar refractivity (Wildman–Crippen MR) is 113 cm³/mol. The Labute approximate surface area is 177 Å². The fourth-order valence-corrected chi connectivity index (χ4v) is 4.47. The van der Waals surface area contributed by atoms with E-state index in [1.165, 1.54) is 25.0 Å². The van der Waals surface area contributed by atoms with Crippen molar-refractivity contribution in [2.45, 2.75) is 39.0 Å². The van der Waals surface area contributed by atoms with Gasteiger partial charge in [0, 0.05) is 18.7 Å². The molecule has 1 aliphatic carbocycles. The van der Waals surface area contributed by atoms with Gasteiger partial charge in [-0.25, -0.2) is 4.39 Å². The van der Waals surface area contributed by atoms with Crippen molar-refractivity contribution in [2.24, 2.45) is 11.3 Å². The zero-order valence-corrected chi connectivity index (χ0v) is 17.4. The molecule has 0 unspecified atom stereocenters. The lowest BCUT2D eigenvalue weighted by Crippen LogP contribution is -2.47. The maximum atomic E-state index is 13.6. The lowest BCUT2D eigenvalue weighted by Gasteiger charge is -2.40. The summed E-state index contributed by atoms with van der Waals surface area (Å²) in [4.78, 5) is 27.7. The summed E-state index contributed by atoms with van der Waals surface area (Å²) in [7, 11) is 0. The van der Waals surface area contributed by atoms with Crippen LogP contribution in [0.5, 0.6) is 0 Å². The summed E-state index contributed by atoms with van der Waals surface area (Å²) >= 11 is 0. The maximum absolute atomic E-state index is 13.6. The molecule has 1 amide bonds. The van der Waals surface area contributed by atoms with Crippen LogP contribution in [-0.2, 0) is 9.53 Å². The predicted octanol–water partition coefficient (Wildman–Crippen LogP) is 5.08. The molecule has 1 saturated carbocycles. The normalized spacial score (nSPS) is 18.1. The minimum Gasteiger partial charge on any atom is -0.466 e. The van der Waals surface area contributed by atoms with Gasteiger partial charge >= 0.3 is 5.97 Å². The number of rotatable bonds is 6. The van der Waals surface area contributed by atoms with E-state index in [9.17, 15) is 14.0 Å². The number of esters is 1. The van der Waals surface area contributed by atoms with Gasteiger partial charge in [0.15, 0.2) is 0 Å². The summed E-state index contributed by atoms with van der Waals surface area (Å²) in [5.41, 5.74) is 1.70. The third-order valence-corrected chi connectivity index (χ3v) is 6.36. The average Bonchev–Trinajstić information content (AvgIpc) is 3.58. The molecule has 158 valence electrons. The van der Waals surface area contributed by atoms with E-state index in [1.807, 2.05) is 36.1 Å². The topological polar surface area (TPSA) is 46.6 Å². The molecule has 2 fully saturated rings. The number of nitrogens with zero attached hydrogens (tertiary/aromatic N) is 1. The number of carbonyl (C=O) groups is 2. The molecule has 0 bridgehead atoms. The zero-order valence-electron chi connectivity index (χ0n) is 17.4. The maximum Gasteiger partial charge on any atom is 0.312 e. The van der Waals surface area contributed by atoms with Crippen LogP contribution in [0.25, 0.3) is 11.1 Å². The van der Waals surface area contributed by atoms with Gasteiger partial charge in [0.1, 0.15) is 5.82 Å². The lowest BCUT2D eigenvalue weighted by atomic mass is 9.74. The molecular weight excluding hydrogens is 381 g/mol. The number of benzene rings is 2. The highest BCUT2D eigenvalue weighted by Crippen LogP contribution is 2.46. The number of ether oxygens (including phenoxy) is 1. The summed E-state index contributed by atoms with van der Waals surface area (Å²) in [6.07, 6.45) is 4.56. The molecule has 0 aromatic heterocycles. The van der Waals surface area contributed by atoms with Crippen molar-refractivity contribution in [1.29, 1.82) is 0 Å². The second-order valence-electron chi connectivity index (χ2n) is 8.53. The van der Waals surface area contributed by atoms with Crippen molar-refractivity contribution in [2.75, 3.05) is 19.7 Å². The van der Waals surface area contributed by atoms with E-state index in [0.717, 1.165) is 17.5 Å². The van der Waals surface area contributed by atoms with Crippen molar-refractivity contribution in [1.82, 2.24) is 4.90 Å². The van der Waals surface area contributed by atoms with Gasteiger partial charge in [-0.05, 0) is 67.5 Å². The Morgan fingerprint density at radius 3 is 2.37 bits per heavy atom. The van der Waals surface area contributed by atoms with Crippen LogP contribution >= 0.6 is 0 Å². The quantitative estimate of drug-likeness (QED) is 0.625. The molecular formula is C25H28FNO3. The van der Waals surface area contributed by atoms with E-state index >= 15 is 0 Å². The van der Waals surface area contributed by atoms with Gasteiger partial charge in [0.05, 0.1) is 12.0 Å². The van der Waals surface area contributed by atoms with Crippen molar-refractivity contribution in [3.63, 3.8) is 0 Å². The van der Waals surface area contributed by atoms with Gasteiger partial charge in [0.25, 0.3) is 5.91 Å². The molecule has 1 heterocycles. The molecule has 1 saturated heterocycles. The number of piperidine rings is 1. The van der Waals surface area contributed by atoms with Gasteiger partial charge in [0.2, 0.25) is 0 Å². The molecule has 2 aromatic rings. The zero-order chi connectivity index (χ0) is 21.1. The van der Waals surface area contributed by atoms with E-state index in [-0.39, 0.29) is 17.7 Å². The molecule has 4 nitrogen and oxygen atoms in total. The second-order valence-corrected chi connectivity index (χ2v) is 8.53. The smallest absolute Gasteiger partial charge is 0.312 e. The molecule has 0 N–H and O–H groups in total. The summed E-state index contributed by atoms with van der Waals surface area (Å²) < 4.78 is 19.0. The van der Waals surface area contributed by atoms with Crippen LogP contribution in [0.2, 0.25) is 0 Å². The fourth-order valence-electron chi connectivity index (χ4n) is 4.47. The second kappa shape index (κ2) is 8.58. The number of carbonyl (C=O) groups excluding carboxylic acids is 2. The van der Waals surface area contributed by atoms with Gasteiger partial charge in [-0.15, -0.1) is 0 Å². The number of halogens is 1. The number of likely N-dealkylation sites (tertiary alicyclic amines) is 1. The minimum atomic E-state index is -0.447. The third kappa shape index (κ3) is 4.40. The van der Waals surface area contributed by atoms with Crippen LogP contribution in [0.3, 0.4) is 0 Å². The molecule has 2 aromatic carbocycles. The summed E-state index contributed by atoms with van der Waals surface area (Å²) in [5, 5.41) is 0. The summed E-state index contributed by atoms with van der Waals surface area (Å²) in [6, 6.07) is 13.7. The Hall–Kier alpha value is -2.69. The van der Waals surface area contributed by atoms with E-state index in [1.54, 1.807) is 12.1 Å². The molecule has 0 atom stereocenters. The van der Waals surface area contributed by atoms with Crippen LogP contribution in [0.15, 0.2) is 48.5 Å². The van der Waals surface area contributed by atoms with E-state index in [2.05, 4.69) is 0 Å². The van der Waals surface area contributed by atoms with E-state index in [4.69, 9.17) is 4.74 Å². The highest BCUT2D eigenvalue weighted by atomic mass is 19.1. The SMILES string of the molecule is CCOC(=O)C1(CC2CC2)CCN(C(=O)c2cccc(-c3cccc(F)c3)c2)CC1. The van der Waals surface area contributed by atoms with Crippen molar-refractivity contribution >= 4 is 11.9 Å². The Balaban J connectivity index is 1.47. The first-order valence-electron chi connectivity index (χ1n) is 10.8. The van der Waals surface area contributed by atoms with Crippen molar-refractivity contribution in [3.8, 4) is 11.1 Å². The highest BCUT2D eigenvalue weighted by Gasteiger charge is 2.46. The minimum absolute atomic E-state index is 0.0443. The first-order chi connectivity index (χ1) is 14.5. The Bertz CT molecular complexity index is 929. The number of hydrogen-bond acceptors (Lipinski definition) is 3. The highest BCUT2D eigenvalue weighted by molar-refractivity contribution is 5.95. The van der Waals surface area contributed by atoms with Gasteiger partial charge in [-0.3, -0.25) is 9.59 Å². The standard InChI is InChI=1S/C25H28FNO3/c1-2-30-24(29)25(17-18-9-10-18)11-13-27(14-12-25)23(28)21-7-3-5-19(15-21)20-6-4-8-22(26)16-20/h3-8,15-16,18H,2,9-14,17H2,1H3. The number of amides is 1. The van der Waals surface area contributed by atoms with Crippen LogP contribution in [-0.4, -0.2) is 36.5 Å². The first kappa shape index (κ1) is 20.6. The Kier molecular flexibility index (Phi) is 5.89. The van der Waals surface area contributed by atoms with Gasteiger partial charge in [-0.1, -0.05) is 37.1 Å². The molecule has 30 heavy (non-hydrogen) atoms. The third-order valence-electron chi connectivity index (χ3n) is 6.36. The van der Waals surface area contributed by atoms with Crippen LogP contribution in [0.1, 0.15) is 49.4 Å². The Morgan fingerprint density at radius 1 is 1.07 bits per heavy atom. The largest absolute Gasteiger partial charge is 0.466 e.